The third-order valence-electron chi connectivity index (χ3n) is 10.4. The number of aryl methyl sites for hydroxylation is 2. The highest BCUT2D eigenvalue weighted by Crippen LogP contribution is 2.40. The number of aromatic amines is 2. The number of unbranched alkanes of at least 4 members (excludes halogenated alkanes) is 6. The van der Waals surface area contributed by atoms with Gasteiger partial charge in [0.15, 0.2) is 0 Å². The number of rotatable bonds is 11. The maximum atomic E-state index is 5.52. The molecule has 0 saturated heterocycles. The number of nitrogens with zero attached hydrogens (tertiary/aromatic N) is 2. The molecule has 2 aliphatic heterocycles. The Kier molecular flexibility index (Phi) is 9.17. The highest BCUT2D eigenvalue weighted by Gasteiger charge is 2.19. The van der Waals surface area contributed by atoms with Crippen molar-refractivity contribution >= 4 is 67.9 Å². The first kappa shape index (κ1) is 32.0. The van der Waals surface area contributed by atoms with E-state index in [1.165, 1.54) is 82.3 Å². The number of benzene rings is 3. The molecule has 0 radical (unpaired) electrons. The van der Waals surface area contributed by atoms with Crippen LogP contribution < -0.4 is 0 Å². The lowest BCUT2D eigenvalue weighted by Crippen LogP contribution is -1.94. The molecule has 0 aliphatic carbocycles. The monoisotopic (exact) mass is 654 g/mol. The number of H-pyrrole nitrogens is 2. The molecule has 4 nitrogen and oxygen atoms in total. The third-order valence-corrected chi connectivity index (χ3v) is 10.4. The second-order valence-corrected chi connectivity index (χ2v) is 13.9. The second kappa shape index (κ2) is 14.3. The standard InChI is InChI=1S/C46H46N4/c1-3-5-7-9-19-37-39-23-21-33(47-39)30-34-22-24-43(48-34)46(45-35-17-13-11-15-31(35)29-32-16-12-14-18-36(32)45)44-28-27-42(50-44)38(20-10-8-6-4-2)41-26-25-40(37)49-41/h11-18,21-30,48-49H,3-10,19-20H2,1-2H3. The largest absolute Gasteiger partial charge is 0.355 e. The van der Waals surface area contributed by atoms with Crippen LogP contribution in [0.15, 0.2) is 84.9 Å². The molecule has 8 rings (SSSR count). The third kappa shape index (κ3) is 6.31. The molecule has 2 aliphatic rings. The van der Waals surface area contributed by atoms with Crippen molar-refractivity contribution in [2.24, 2.45) is 0 Å². The normalized spacial score (nSPS) is 12.4. The topological polar surface area (TPSA) is 57.4 Å². The van der Waals surface area contributed by atoms with Crippen LogP contribution in [0.4, 0.5) is 0 Å². The fourth-order valence-electron chi connectivity index (χ4n) is 7.79. The van der Waals surface area contributed by atoms with Crippen molar-refractivity contribution in [3.63, 3.8) is 0 Å². The van der Waals surface area contributed by atoms with Crippen LogP contribution in [0, 0.1) is 0 Å². The summed E-state index contributed by atoms with van der Waals surface area (Å²) in [7, 11) is 0. The first-order valence-electron chi connectivity index (χ1n) is 18.7. The van der Waals surface area contributed by atoms with Gasteiger partial charge in [-0.2, -0.15) is 0 Å². The van der Waals surface area contributed by atoms with Crippen molar-refractivity contribution in [2.45, 2.75) is 78.1 Å². The Morgan fingerprint density at radius 2 is 1.06 bits per heavy atom. The molecule has 8 bridgehead atoms. The summed E-state index contributed by atoms with van der Waals surface area (Å²) in [4.78, 5) is 18.4. The van der Waals surface area contributed by atoms with Crippen LogP contribution in [0.3, 0.4) is 0 Å². The molecular formula is C46H46N4. The van der Waals surface area contributed by atoms with Gasteiger partial charge >= 0.3 is 0 Å². The number of fused-ring (bicyclic) bond motifs is 10. The summed E-state index contributed by atoms with van der Waals surface area (Å²) < 4.78 is 0. The predicted octanol–water partition coefficient (Wildman–Crippen LogP) is 12.9. The lowest BCUT2D eigenvalue weighted by atomic mass is 9.91. The van der Waals surface area contributed by atoms with Crippen molar-refractivity contribution in [2.75, 3.05) is 0 Å². The maximum Gasteiger partial charge on any atom is 0.0737 e. The zero-order chi connectivity index (χ0) is 33.9. The number of aromatic nitrogens is 4. The van der Waals surface area contributed by atoms with Gasteiger partial charge in [-0.15, -0.1) is 0 Å². The Morgan fingerprint density at radius 1 is 0.480 bits per heavy atom. The maximum absolute atomic E-state index is 5.52. The molecule has 250 valence electrons. The molecule has 0 fully saturated rings. The van der Waals surface area contributed by atoms with Crippen molar-refractivity contribution in [3.8, 4) is 11.1 Å². The second-order valence-electron chi connectivity index (χ2n) is 13.9. The van der Waals surface area contributed by atoms with Crippen molar-refractivity contribution < 1.29 is 0 Å². The van der Waals surface area contributed by atoms with Crippen molar-refractivity contribution in [3.05, 3.63) is 119 Å². The summed E-state index contributed by atoms with van der Waals surface area (Å²) in [5, 5.41) is 4.90. The van der Waals surface area contributed by atoms with Gasteiger partial charge in [-0.05, 0) is 108 Å². The van der Waals surface area contributed by atoms with E-state index < -0.39 is 0 Å². The smallest absolute Gasteiger partial charge is 0.0737 e. The fourth-order valence-corrected chi connectivity index (χ4v) is 7.79. The quantitative estimate of drug-likeness (QED) is 0.108. The molecular weight excluding hydrogens is 609 g/mol. The van der Waals surface area contributed by atoms with Gasteiger partial charge in [0.25, 0.3) is 0 Å². The van der Waals surface area contributed by atoms with E-state index in [1.807, 2.05) is 0 Å². The molecule has 3 aromatic carbocycles. The molecule has 5 heterocycles. The first-order valence-corrected chi connectivity index (χ1v) is 18.7. The predicted molar refractivity (Wildman–Crippen MR) is 215 cm³/mol. The molecule has 0 atom stereocenters. The Morgan fingerprint density at radius 3 is 1.72 bits per heavy atom. The van der Waals surface area contributed by atoms with Crippen molar-refractivity contribution in [1.29, 1.82) is 0 Å². The molecule has 6 aromatic rings. The van der Waals surface area contributed by atoms with Gasteiger partial charge in [-0.25, -0.2) is 9.97 Å². The van der Waals surface area contributed by atoms with Gasteiger partial charge in [0.1, 0.15) is 0 Å². The summed E-state index contributed by atoms with van der Waals surface area (Å²) in [6, 6.07) is 30.9. The minimum atomic E-state index is 0.965. The van der Waals surface area contributed by atoms with Crippen LogP contribution in [0.5, 0.6) is 0 Å². The van der Waals surface area contributed by atoms with E-state index in [-0.39, 0.29) is 0 Å². The summed E-state index contributed by atoms with van der Waals surface area (Å²) >= 11 is 0. The number of nitrogens with one attached hydrogen (secondary N) is 2. The molecule has 0 saturated carbocycles. The highest BCUT2D eigenvalue weighted by molar-refractivity contribution is 6.16. The summed E-state index contributed by atoms with van der Waals surface area (Å²) in [5.74, 6) is 0. The minimum Gasteiger partial charge on any atom is -0.355 e. The van der Waals surface area contributed by atoms with E-state index in [9.17, 15) is 0 Å². The van der Waals surface area contributed by atoms with Gasteiger partial charge < -0.3 is 9.97 Å². The van der Waals surface area contributed by atoms with Crippen LogP contribution >= 0.6 is 0 Å². The lowest BCUT2D eigenvalue weighted by Gasteiger charge is -2.13. The summed E-state index contributed by atoms with van der Waals surface area (Å²) in [5.41, 5.74) is 13.4. The Bertz CT molecular complexity index is 2370. The highest BCUT2D eigenvalue weighted by atomic mass is 14.8. The minimum absolute atomic E-state index is 0.965. The van der Waals surface area contributed by atoms with Crippen molar-refractivity contribution in [1.82, 2.24) is 19.9 Å². The van der Waals surface area contributed by atoms with Gasteiger partial charge in [0.2, 0.25) is 0 Å². The first-order chi connectivity index (χ1) is 24.7. The van der Waals surface area contributed by atoms with Gasteiger partial charge in [0.05, 0.1) is 22.8 Å². The van der Waals surface area contributed by atoms with Crippen LogP contribution in [0.2, 0.25) is 0 Å². The Balaban J connectivity index is 1.45. The molecule has 4 heteroatoms. The van der Waals surface area contributed by atoms with E-state index in [0.29, 0.717) is 0 Å². The van der Waals surface area contributed by atoms with Crippen LogP contribution in [-0.2, 0) is 12.8 Å². The van der Waals surface area contributed by atoms with E-state index in [2.05, 4.69) is 133 Å². The van der Waals surface area contributed by atoms with Crippen LogP contribution in [0.1, 0.15) is 99.1 Å². The lowest BCUT2D eigenvalue weighted by molar-refractivity contribution is 0.666. The fraction of sp³-hybridized carbons (Fsp3) is 0.261. The van der Waals surface area contributed by atoms with Crippen LogP contribution in [-0.4, -0.2) is 19.9 Å². The number of hydrogen-bond donors (Lipinski definition) is 2. The Hall–Kier alpha value is -5.22. The Labute approximate surface area is 295 Å². The van der Waals surface area contributed by atoms with Gasteiger partial charge in [0, 0.05) is 44.3 Å². The van der Waals surface area contributed by atoms with E-state index in [0.717, 1.165) is 70.6 Å². The van der Waals surface area contributed by atoms with Crippen LogP contribution in [0.25, 0.3) is 79.0 Å². The molecule has 50 heavy (non-hydrogen) atoms. The van der Waals surface area contributed by atoms with Gasteiger partial charge in [-0.3, -0.25) is 0 Å². The summed E-state index contributed by atoms with van der Waals surface area (Å²) in [6.45, 7) is 4.55. The average molecular weight is 655 g/mol. The zero-order valence-corrected chi connectivity index (χ0v) is 29.4. The van der Waals surface area contributed by atoms with E-state index in [4.69, 9.17) is 9.97 Å². The molecule has 0 amide bonds. The molecule has 0 spiro atoms. The average Bonchev–Trinajstić information content (AvgIpc) is 3.98. The zero-order valence-electron chi connectivity index (χ0n) is 29.4. The van der Waals surface area contributed by atoms with E-state index in [1.54, 1.807) is 0 Å². The van der Waals surface area contributed by atoms with E-state index >= 15 is 0 Å². The SMILES string of the molecule is CCCCCCc1c2nc(cc3ccc([nH]3)c(-c3c4ccccc4cc4ccccc34)c3nc(c(CCCCCC)c4ccc1[nH]4)C=C3)C=C2. The summed E-state index contributed by atoms with van der Waals surface area (Å²) in [6.07, 6.45) is 20.5. The van der Waals surface area contributed by atoms with Gasteiger partial charge in [-0.1, -0.05) is 101 Å². The number of hydrogen-bond acceptors (Lipinski definition) is 2. The molecule has 2 N–H and O–H groups in total. The molecule has 0 unspecified atom stereocenters. The molecule has 3 aromatic heterocycles.